The number of benzene rings is 1. The summed E-state index contributed by atoms with van der Waals surface area (Å²) in [5.74, 6) is -0.675. The summed E-state index contributed by atoms with van der Waals surface area (Å²) in [6.45, 7) is 3.24. The lowest BCUT2D eigenvalue weighted by Crippen LogP contribution is -2.60. The Bertz CT molecular complexity index is 841. The number of nitrogens with zero attached hydrogens (tertiary/aromatic N) is 1. The number of rotatable bonds is 7. The highest BCUT2D eigenvalue weighted by Gasteiger charge is 2.35. The van der Waals surface area contributed by atoms with Gasteiger partial charge in [0.15, 0.2) is 5.11 Å². The van der Waals surface area contributed by atoms with E-state index >= 15 is 0 Å². The van der Waals surface area contributed by atoms with Gasteiger partial charge in [0.05, 0.1) is 18.6 Å². The molecule has 1 aliphatic heterocycles. The van der Waals surface area contributed by atoms with E-state index in [1.165, 1.54) is 0 Å². The van der Waals surface area contributed by atoms with Crippen molar-refractivity contribution in [3.63, 3.8) is 0 Å². The highest BCUT2D eigenvalue weighted by Crippen LogP contribution is 2.22. The molecular weight excluding hydrogens is 430 g/mol. The Morgan fingerprint density at radius 3 is 2.72 bits per heavy atom. The molecule has 1 atom stereocenters. The van der Waals surface area contributed by atoms with Crippen molar-refractivity contribution in [2.45, 2.75) is 64.0 Å². The number of carbonyl (C=O) groups is 3. The van der Waals surface area contributed by atoms with Gasteiger partial charge in [-0.25, -0.2) is 0 Å². The molecule has 3 rings (SSSR count). The van der Waals surface area contributed by atoms with Crippen molar-refractivity contribution in [1.82, 2.24) is 15.5 Å². The Morgan fingerprint density at radius 2 is 1.97 bits per heavy atom. The first kappa shape index (κ1) is 24.0. The predicted molar refractivity (Wildman–Crippen MR) is 123 cm³/mol. The van der Waals surface area contributed by atoms with Crippen molar-refractivity contribution in [3.05, 3.63) is 29.8 Å². The molecule has 1 aliphatic carbocycles. The van der Waals surface area contributed by atoms with Crippen LogP contribution in [0.3, 0.4) is 0 Å². The maximum atomic E-state index is 12.9. The molecule has 1 saturated carbocycles. The van der Waals surface area contributed by atoms with Crippen molar-refractivity contribution >= 4 is 35.1 Å². The molecule has 1 aromatic rings. The standard InChI is InChI=1S/C23H31N3O5S/c1-2-14-30-19-11-7-6-10-17(19)21(28)25-23(32)26-13-12-24-22(29)18(26)15-20(27)31-16-8-4-3-5-9-16/h6-7,10-11,16,18H,2-5,8-9,12-15H2,1H3,(H,24,29)(H,25,28,32). The molecule has 2 aliphatic rings. The molecule has 9 heteroatoms. The topological polar surface area (TPSA) is 97.0 Å². The Hall–Kier alpha value is -2.68. The van der Waals surface area contributed by atoms with Gasteiger partial charge in [0, 0.05) is 13.1 Å². The predicted octanol–water partition coefficient (Wildman–Crippen LogP) is 2.56. The molecule has 8 nitrogen and oxygen atoms in total. The number of thiocarbonyl (C=S) groups is 1. The van der Waals surface area contributed by atoms with Crippen molar-refractivity contribution in [2.75, 3.05) is 19.7 Å². The average Bonchev–Trinajstić information content (AvgIpc) is 2.79. The highest BCUT2D eigenvalue weighted by atomic mass is 32.1. The molecule has 1 unspecified atom stereocenters. The zero-order chi connectivity index (χ0) is 22.9. The summed E-state index contributed by atoms with van der Waals surface area (Å²) >= 11 is 5.45. The van der Waals surface area contributed by atoms with Crippen molar-refractivity contribution < 1.29 is 23.9 Å². The van der Waals surface area contributed by atoms with Gasteiger partial charge < -0.3 is 19.7 Å². The van der Waals surface area contributed by atoms with Crippen LogP contribution in [0, 0.1) is 0 Å². The fourth-order valence-corrected chi connectivity index (χ4v) is 4.28. The Morgan fingerprint density at radius 1 is 1.22 bits per heavy atom. The second-order valence-electron chi connectivity index (χ2n) is 8.06. The molecule has 174 valence electrons. The minimum absolute atomic E-state index is 0.0809. The van der Waals surface area contributed by atoms with E-state index in [0.29, 0.717) is 31.0 Å². The third kappa shape index (κ3) is 6.41. The molecule has 0 bridgehead atoms. The molecule has 0 radical (unpaired) electrons. The number of hydrogen-bond acceptors (Lipinski definition) is 6. The van der Waals surface area contributed by atoms with Gasteiger partial charge in [-0.05, 0) is 56.5 Å². The minimum atomic E-state index is -0.820. The fraction of sp³-hybridized carbons (Fsp3) is 0.565. The fourth-order valence-electron chi connectivity index (χ4n) is 3.96. The van der Waals surface area contributed by atoms with Gasteiger partial charge in [-0.15, -0.1) is 0 Å². The van der Waals surface area contributed by atoms with Crippen molar-refractivity contribution in [3.8, 4) is 5.75 Å². The third-order valence-corrected chi connectivity index (χ3v) is 5.95. The summed E-state index contributed by atoms with van der Waals surface area (Å²) in [6.07, 6.45) is 5.60. The summed E-state index contributed by atoms with van der Waals surface area (Å²) < 4.78 is 11.2. The van der Waals surface area contributed by atoms with Gasteiger partial charge in [-0.3, -0.25) is 19.7 Å². The number of carbonyl (C=O) groups excluding carboxylic acids is 3. The second-order valence-corrected chi connectivity index (χ2v) is 8.44. The first-order valence-corrected chi connectivity index (χ1v) is 11.7. The van der Waals surface area contributed by atoms with Crippen LogP contribution in [0.2, 0.25) is 0 Å². The molecule has 2 fully saturated rings. The first-order chi connectivity index (χ1) is 15.5. The molecule has 1 saturated heterocycles. The average molecular weight is 462 g/mol. The van der Waals surface area contributed by atoms with Crippen LogP contribution < -0.4 is 15.4 Å². The smallest absolute Gasteiger partial charge is 0.308 e. The summed E-state index contributed by atoms with van der Waals surface area (Å²) in [4.78, 5) is 39.5. The maximum Gasteiger partial charge on any atom is 0.308 e. The van der Waals surface area contributed by atoms with Crippen LogP contribution in [0.4, 0.5) is 0 Å². The van der Waals surface area contributed by atoms with Crippen LogP contribution in [0.15, 0.2) is 24.3 Å². The van der Waals surface area contributed by atoms with Gasteiger partial charge in [0.25, 0.3) is 5.91 Å². The van der Waals surface area contributed by atoms with Gasteiger partial charge in [-0.2, -0.15) is 0 Å². The van der Waals surface area contributed by atoms with E-state index in [1.54, 1.807) is 29.2 Å². The summed E-state index contributed by atoms with van der Waals surface area (Å²) in [6, 6.07) is 6.11. The van der Waals surface area contributed by atoms with Gasteiger partial charge in [-0.1, -0.05) is 25.5 Å². The summed E-state index contributed by atoms with van der Waals surface area (Å²) in [7, 11) is 0. The van der Waals surface area contributed by atoms with Crippen molar-refractivity contribution in [2.24, 2.45) is 0 Å². The van der Waals surface area contributed by atoms with Gasteiger partial charge in [0.2, 0.25) is 5.91 Å². The van der Waals surface area contributed by atoms with Crippen LogP contribution in [-0.4, -0.2) is 59.6 Å². The first-order valence-electron chi connectivity index (χ1n) is 11.3. The number of amides is 2. The molecule has 1 heterocycles. The SMILES string of the molecule is CCCOc1ccccc1C(=O)NC(=S)N1CCNC(=O)C1CC(=O)OC1CCCCC1. The number of piperazine rings is 1. The summed E-state index contributed by atoms with van der Waals surface area (Å²) in [5.41, 5.74) is 0.359. The van der Waals surface area contributed by atoms with Crippen LogP contribution in [-0.2, 0) is 14.3 Å². The number of nitrogens with one attached hydrogen (secondary N) is 2. The second kappa shape index (κ2) is 11.8. The van der Waals surface area contributed by atoms with Gasteiger partial charge in [0.1, 0.15) is 17.9 Å². The number of para-hydroxylation sites is 1. The van der Waals surface area contributed by atoms with Crippen LogP contribution in [0.1, 0.15) is 62.2 Å². The normalized spacial score (nSPS) is 19.1. The molecular formula is C23H31N3O5S. The third-order valence-electron chi connectivity index (χ3n) is 5.62. The number of hydrogen-bond donors (Lipinski definition) is 2. The van der Waals surface area contributed by atoms with Gasteiger partial charge >= 0.3 is 5.97 Å². The zero-order valence-electron chi connectivity index (χ0n) is 18.4. The molecule has 2 N–H and O–H groups in total. The lowest BCUT2D eigenvalue weighted by Gasteiger charge is -2.36. The lowest BCUT2D eigenvalue weighted by atomic mass is 9.98. The largest absolute Gasteiger partial charge is 0.493 e. The van der Waals surface area contributed by atoms with E-state index in [-0.39, 0.29) is 23.5 Å². The van der Waals surface area contributed by atoms with E-state index in [1.807, 2.05) is 6.92 Å². The molecule has 0 aromatic heterocycles. The van der Waals surface area contributed by atoms with Crippen LogP contribution in [0.25, 0.3) is 0 Å². The van der Waals surface area contributed by atoms with E-state index in [9.17, 15) is 14.4 Å². The molecule has 32 heavy (non-hydrogen) atoms. The Balaban J connectivity index is 1.64. The molecule has 0 spiro atoms. The monoisotopic (exact) mass is 461 g/mol. The number of esters is 1. The van der Waals surface area contributed by atoms with E-state index in [0.717, 1.165) is 38.5 Å². The zero-order valence-corrected chi connectivity index (χ0v) is 19.2. The Labute approximate surface area is 194 Å². The molecule has 2 amide bonds. The highest BCUT2D eigenvalue weighted by molar-refractivity contribution is 7.80. The minimum Gasteiger partial charge on any atom is -0.493 e. The number of ether oxygens (including phenoxy) is 2. The summed E-state index contributed by atoms with van der Waals surface area (Å²) in [5, 5.41) is 5.56. The van der Waals surface area contributed by atoms with E-state index < -0.39 is 17.9 Å². The van der Waals surface area contributed by atoms with Crippen molar-refractivity contribution in [1.29, 1.82) is 0 Å². The quantitative estimate of drug-likeness (QED) is 0.476. The van der Waals surface area contributed by atoms with Crippen LogP contribution >= 0.6 is 12.2 Å². The lowest BCUT2D eigenvalue weighted by molar-refractivity contribution is -0.153. The molecule has 1 aromatic carbocycles. The van der Waals surface area contributed by atoms with Crippen LogP contribution in [0.5, 0.6) is 5.75 Å². The van der Waals surface area contributed by atoms with E-state index in [2.05, 4.69) is 10.6 Å². The maximum absolute atomic E-state index is 12.9. The van der Waals surface area contributed by atoms with E-state index in [4.69, 9.17) is 21.7 Å². The Kier molecular flexibility index (Phi) is 8.84.